The average molecular weight is 413 g/mol. The smallest absolute Gasteiger partial charge is 0.347 e. The summed E-state index contributed by atoms with van der Waals surface area (Å²) in [4.78, 5) is 28.0. The van der Waals surface area contributed by atoms with Crippen molar-refractivity contribution >= 4 is 34.4 Å². The van der Waals surface area contributed by atoms with Gasteiger partial charge in [0.1, 0.15) is 5.75 Å². The fraction of sp³-hybridized carbons (Fsp3) is 0.227. The summed E-state index contributed by atoms with van der Waals surface area (Å²) in [5.74, 6) is -0.798. The van der Waals surface area contributed by atoms with Gasteiger partial charge in [-0.1, -0.05) is 29.8 Å². The molecule has 0 atom stereocenters. The molecule has 0 unspecified atom stereocenters. The summed E-state index contributed by atoms with van der Waals surface area (Å²) in [6, 6.07) is 14.2. The molecule has 0 aliphatic rings. The molecule has 0 fully saturated rings. The second-order valence-electron chi connectivity index (χ2n) is 7.10. The number of fused-ring (bicyclic) bond motifs is 1. The highest BCUT2D eigenvalue weighted by molar-refractivity contribution is 6.32. The van der Waals surface area contributed by atoms with Crippen molar-refractivity contribution < 1.29 is 19.4 Å². The number of hydrogen-bond donors (Lipinski definition) is 2. The highest BCUT2D eigenvalue weighted by Crippen LogP contribution is 2.22. The van der Waals surface area contributed by atoms with E-state index < -0.39 is 11.6 Å². The van der Waals surface area contributed by atoms with Crippen molar-refractivity contribution in [1.82, 2.24) is 10.3 Å². The molecule has 1 amide bonds. The van der Waals surface area contributed by atoms with Crippen LogP contribution in [0.4, 0.5) is 0 Å². The maximum absolute atomic E-state index is 12.6. The Hall–Kier alpha value is -3.12. The van der Waals surface area contributed by atoms with Gasteiger partial charge < -0.3 is 15.2 Å². The Labute approximate surface area is 173 Å². The van der Waals surface area contributed by atoms with Gasteiger partial charge >= 0.3 is 5.97 Å². The molecule has 7 heteroatoms. The summed E-state index contributed by atoms with van der Waals surface area (Å²) in [6.07, 6.45) is 2.25. The van der Waals surface area contributed by atoms with Crippen LogP contribution in [0.1, 0.15) is 29.8 Å². The van der Waals surface area contributed by atoms with Crippen LogP contribution in [-0.2, 0) is 11.2 Å². The Bertz CT molecular complexity index is 1050. The topological polar surface area (TPSA) is 88.5 Å². The average Bonchev–Trinajstić information content (AvgIpc) is 2.68. The van der Waals surface area contributed by atoms with E-state index in [-0.39, 0.29) is 5.91 Å². The summed E-state index contributed by atoms with van der Waals surface area (Å²) in [5, 5.41) is 13.3. The Morgan fingerprint density at radius 1 is 1.17 bits per heavy atom. The van der Waals surface area contributed by atoms with Crippen LogP contribution in [0.5, 0.6) is 5.75 Å². The van der Waals surface area contributed by atoms with Crippen molar-refractivity contribution in [3.63, 3.8) is 0 Å². The van der Waals surface area contributed by atoms with Crippen molar-refractivity contribution in [2.24, 2.45) is 0 Å². The Morgan fingerprint density at radius 3 is 2.59 bits per heavy atom. The summed E-state index contributed by atoms with van der Waals surface area (Å²) >= 11 is 6.12. The van der Waals surface area contributed by atoms with E-state index in [9.17, 15) is 9.59 Å². The quantitative estimate of drug-likeness (QED) is 0.609. The molecule has 1 heterocycles. The van der Waals surface area contributed by atoms with Crippen molar-refractivity contribution in [3.8, 4) is 5.75 Å². The predicted molar refractivity (Wildman–Crippen MR) is 112 cm³/mol. The highest BCUT2D eigenvalue weighted by Gasteiger charge is 2.29. The lowest BCUT2D eigenvalue weighted by molar-refractivity contribution is -0.152. The first-order valence-corrected chi connectivity index (χ1v) is 9.48. The lowest BCUT2D eigenvalue weighted by Crippen LogP contribution is -2.37. The van der Waals surface area contributed by atoms with Crippen molar-refractivity contribution in [2.75, 3.05) is 6.54 Å². The van der Waals surface area contributed by atoms with Crippen molar-refractivity contribution in [3.05, 3.63) is 70.9 Å². The third kappa shape index (κ3) is 5.03. The third-order valence-corrected chi connectivity index (χ3v) is 4.64. The van der Waals surface area contributed by atoms with Gasteiger partial charge in [-0.3, -0.25) is 9.78 Å². The second kappa shape index (κ2) is 8.49. The minimum atomic E-state index is -1.30. The normalized spacial score (nSPS) is 11.3. The molecule has 29 heavy (non-hydrogen) atoms. The van der Waals surface area contributed by atoms with Crippen LogP contribution in [0.25, 0.3) is 10.9 Å². The van der Waals surface area contributed by atoms with E-state index >= 15 is 0 Å². The summed E-state index contributed by atoms with van der Waals surface area (Å²) in [6.45, 7) is 3.42. The fourth-order valence-electron chi connectivity index (χ4n) is 2.81. The number of aliphatic carboxylic acids is 1. The van der Waals surface area contributed by atoms with Gasteiger partial charge in [0.25, 0.3) is 5.91 Å². The molecule has 2 N–H and O–H groups in total. The van der Waals surface area contributed by atoms with Crippen LogP contribution in [0, 0.1) is 0 Å². The molecule has 1 aromatic heterocycles. The molecule has 6 nitrogen and oxygen atoms in total. The van der Waals surface area contributed by atoms with E-state index in [0.717, 1.165) is 10.9 Å². The zero-order valence-electron chi connectivity index (χ0n) is 16.1. The molecule has 3 aromatic rings. The molecular formula is C22H21ClN2O4. The van der Waals surface area contributed by atoms with Crippen LogP contribution >= 0.6 is 11.6 Å². The SMILES string of the molecule is CC(C)(Oc1ccc(CCNC(=O)c2cc(Cl)cc3cccnc23)cc1)C(=O)O. The maximum atomic E-state index is 12.6. The number of carbonyl (C=O) groups is 2. The monoisotopic (exact) mass is 412 g/mol. The van der Waals surface area contributed by atoms with E-state index in [2.05, 4.69) is 10.3 Å². The lowest BCUT2D eigenvalue weighted by Gasteiger charge is -2.21. The van der Waals surface area contributed by atoms with E-state index in [1.165, 1.54) is 13.8 Å². The van der Waals surface area contributed by atoms with Gasteiger partial charge in [-0.2, -0.15) is 0 Å². The highest BCUT2D eigenvalue weighted by atomic mass is 35.5. The van der Waals surface area contributed by atoms with Crippen LogP contribution in [0.15, 0.2) is 54.7 Å². The number of halogens is 1. The first-order valence-electron chi connectivity index (χ1n) is 9.10. The number of amides is 1. The Kier molecular flexibility index (Phi) is 6.03. The van der Waals surface area contributed by atoms with Crippen molar-refractivity contribution in [1.29, 1.82) is 0 Å². The molecule has 2 aromatic carbocycles. The molecule has 0 bridgehead atoms. The van der Waals surface area contributed by atoms with Gasteiger partial charge in [0, 0.05) is 23.2 Å². The number of hydrogen-bond acceptors (Lipinski definition) is 4. The third-order valence-electron chi connectivity index (χ3n) is 4.42. The number of carboxylic acid groups (broad SMARTS) is 1. The number of nitrogens with one attached hydrogen (secondary N) is 1. The lowest BCUT2D eigenvalue weighted by atomic mass is 10.1. The predicted octanol–water partition coefficient (Wildman–Crippen LogP) is 4.10. The van der Waals surface area contributed by atoms with E-state index in [0.29, 0.717) is 34.8 Å². The Morgan fingerprint density at radius 2 is 1.90 bits per heavy atom. The number of carbonyl (C=O) groups excluding carboxylic acids is 1. The zero-order chi connectivity index (χ0) is 21.0. The molecule has 3 rings (SSSR count). The van der Waals surface area contributed by atoms with Gasteiger partial charge in [-0.25, -0.2) is 4.79 Å². The van der Waals surface area contributed by atoms with Crippen LogP contribution in [0.2, 0.25) is 5.02 Å². The summed E-state index contributed by atoms with van der Waals surface area (Å²) in [5.41, 5.74) is 0.730. The minimum Gasteiger partial charge on any atom is -0.478 e. The van der Waals surface area contributed by atoms with Crippen molar-refractivity contribution in [2.45, 2.75) is 25.9 Å². The van der Waals surface area contributed by atoms with E-state index in [1.54, 1.807) is 36.5 Å². The molecule has 0 spiro atoms. The molecule has 0 saturated heterocycles. The minimum absolute atomic E-state index is 0.237. The molecule has 150 valence electrons. The first-order chi connectivity index (χ1) is 13.8. The molecule has 0 aliphatic heterocycles. The van der Waals surface area contributed by atoms with Gasteiger partial charge in [0.2, 0.25) is 0 Å². The van der Waals surface area contributed by atoms with Crippen LogP contribution < -0.4 is 10.1 Å². The number of carboxylic acids is 1. The molecular weight excluding hydrogens is 392 g/mol. The van der Waals surface area contributed by atoms with Gasteiger partial charge in [0.15, 0.2) is 5.60 Å². The number of rotatable bonds is 7. The number of ether oxygens (including phenoxy) is 1. The first kappa shape index (κ1) is 20.6. The van der Waals surface area contributed by atoms with E-state index in [4.69, 9.17) is 21.4 Å². The largest absolute Gasteiger partial charge is 0.478 e. The summed E-state index contributed by atoms with van der Waals surface area (Å²) < 4.78 is 5.48. The maximum Gasteiger partial charge on any atom is 0.347 e. The number of benzene rings is 2. The number of aromatic nitrogens is 1. The van der Waals surface area contributed by atoms with Gasteiger partial charge in [0.05, 0.1) is 11.1 Å². The fourth-order valence-corrected chi connectivity index (χ4v) is 3.03. The zero-order valence-corrected chi connectivity index (χ0v) is 16.9. The van der Waals surface area contributed by atoms with E-state index in [1.807, 2.05) is 18.2 Å². The van der Waals surface area contributed by atoms with Gasteiger partial charge in [-0.05, 0) is 56.2 Å². The molecule has 0 radical (unpaired) electrons. The number of pyridine rings is 1. The van der Waals surface area contributed by atoms with Crippen LogP contribution in [0.3, 0.4) is 0 Å². The van der Waals surface area contributed by atoms with Gasteiger partial charge in [-0.15, -0.1) is 0 Å². The standard InChI is InChI=1S/C22H21ClN2O4/c1-22(2,21(27)28)29-17-7-5-14(6-8-17)9-11-25-20(26)18-13-16(23)12-15-4-3-10-24-19(15)18/h3-8,10,12-13H,9,11H2,1-2H3,(H,25,26)(H,27,28). The summed E-state index contributed by atoms with van der Waals surface area (Å²) in [7, 11) is 0. The molecule has 0 saturated carbocycles. The number of nitrogens with zero attached hydrogens (tertiary/aromatic N) is 1. The van der Waals surface area contributed by atoms with Crippen LogP contribution in [-0.4, -0.2) is 34.1 Å². The Balaban J connectivity index is 1.61. The molecule has 0 aliphatic carbocycles. The second-order valence-corrected chi connectivity index (χ2v) is 7.53.